The van der Waals surface area contributed by atoms with E-state index < -0.39 is 6.04 Å². The van der Waals surface area contributed by atoms with Crippen LogP contribution in [0.1, 0.15) is 12.5 Å². The molecule has 4 heteroatoms. The molecule has 0 unspecified atom stereocenters. The van der Waals surface area contributed by atoms with Crippen molar-refractivity contribution in [2.75, 3.05) is 5.01 Å². The minimum atomic E-state index is -2.13. The minimum absolute atomic E-state index is 0.980. The van der Waals surface area contributed by atoms with E-state index in [0.717, 1.165) is 22.4 Å². The van der Waals surface area contributed by atoms with E-state index in [1.165, 1.54) is 5.30 Å². The zero-order chi connectivity index (χ0) is 18.0. The Morgan fingerprint density at radius 2 is 1.31 bits per heavy atom. The van der Waals surface area contributed by atoms with Crippen LogP contribution in [0.4, 0.5) is 5.69 Å². The van der Waals surface area contributed by atoms with Crippen molar-refractivity contribution in [1.29, 1.82) is 0 Å². The first-order valence-electron chi connectivity index (χ1n) is 8.53. The molecule has 26 heavy (non-hydrogen) atoms. The van der Waals surface area contributed by atoms with Gasteiger partial charge in [0.05, 0.1) is 11.7 Å². The molecule has 0 N–H and O–H groups in total. The van der Waals surface area contributed by atoms with E-state index in [2.05, 4.69) is 61.3 Å². The average Bonchev–Trinajstić information content (AvgIpc) is 2.70. The molecular formula is C22H19N2PS. The van der Waals surface area contributed by atoms with E-state index >= 15 is 0 Å². The third kappa shape index (κ3) is 3.05. The largest absolute Gasteiger partial charge is 0.237 e. The molecule has 0 saturated heterocycles. The van der Waals surface area contributed by atoms with Gasteiger partial charge in [0.1, 0.15) is 5.45 Å². The van der Waals surface area contributed by atoms with E-state index in [1.54, 1.807) is 0 Å². The maximum absolute atomic E-state index is 6.28. The number of benzene rings is 3. The summed E-state index contributed by atoms with van der Waals surface area (Å²) in [5.74, 6) is 2.25. The van der Waals surface area contributed by atoms with Crippen molar-refractivity contribution in [2.24, 2.45) is 5.10 Å². The number of allylic oxidation sites excluding steroid dienone is 1. The Kier molecular flexibility index (Phi) is 4.58. The molecule has 1 atom stereocenters. The quantitative estimate of drug-likeness (QED) is 0.560. The van der Waals surface area contributed by atoms with Crippen LogP contribution in [0.2, 0.25) is 0 Å². The highest BCUT2D eigenvalue weighted by Crippen LogP contribution is 2.54. The highest BCUT2D eigenvalue weighted by Gasteiger charge is 2.31. The smallest absolute Gasteiger partial charge is 0.109 e. The maximum atomic E-state index is 6.28. The van der Waals surface area contributed by atoms with Gasteiger partial charge in [-0.3, -0.25) is 0 Å². The maximum Gasteiger partial charge on any atom is 0.109 e. The first-order chi connectivity index (χ1) is 12.7. The van der Waals surface area contributed by atoms with Crippen LogP contribution in [0.3, 0.4) is 0 Å². The molecule has 0 spiro atoms. The SMILES string of the molecule is CC1=C[P@@](=S)(c2ccccc2)C(c2ccccc2)=NN1c1ccccc1. The average molecular weight is 374 g/mol. The van der Waals surface area contributed by atoms with Gasteiger partial charge in [-0.05, 0) is 30.2 Å². The van der Waals surface area contributed by atoms with Crippen LogP contribution in [0.25, 0.3) is 0 Å². The number of hydrogen-bond acceptors (Lipinski definition) is 3. The molecule has 3 aromatic carbocycles. The Hall–Kier alpha value is -2.48. The number of rotatable bonds is 3. The van der Waals surface area contributed by atoms with Crippen molar-refractivity contribution in [1.82, 2.24) is 0 Å². The number of hydrazone groups is 1. The van der Waals surface area contributed by atoms with Gasteiger partial charge in [0.15, 0.2) is 0 Å². The second kappa shape index (κ2) is 7.03. The molecule has 0 aliphatic carbocycles. The molecule has 1 aliphatic heterocycles. The lowest BCUT2D eigenvalue weighted by Gasteiger charge is -2.32. The summed E-state index contributed by atoms with van der Waals surface area (Å²) in [5.41, 5.74) is 4.19. The van der Waals surface area contributed by atoms with Gasteiger partial charge in [0.25, 0.3) is 0 Å². The monoisotopic (exact) mass is 374 g/mol. The summed E-state index contributed by atoms with van der Waals surface area (Å²) in [6.45, 7) is 2.09. The molecule has 0 bridgehead atoms. The fourth-order valence-electron chi connectivity index (χ4n) is 3.13. The molecule has 2 nitrogen and oxygen atoms in total. The molecule has 128 valence electrons. The minimum Gasteiger partial charge on any atom is -0.237 e. The number of para-hydroxylation sites is 1. The van der Waals surface area contributed by atoms with Crippen LogP contribution in [0, 0.1) is 0 Å². The molecule has 1 aliphatic rings. The van der Waals surface area contributed by atoms with Gasteiger partial charge in [-0.15, -0.1) is 0 Å². The Morgan fingerprint density at radius 3 is 1.92 bits per heavy atom. The molecule has 4 rings (SSSR count). The summed E-state index contributed by atoms with van der Waals surface area (Å²) in [6, 6.07) is 28.8. The van der Waals surface area contributed by atoms with Gasteiger partial charge in [-0.2, -0.15) is 5.10 Å². The zero-order valence-corrected chi connectivity index (χ0v) is 16.2. The molecule has 3 aromatic rings. The summed E-state index contributed by atoms with van der Waals surface area (Å²) >= 11 is 6.28. The van der Waals surface area contributed by atoms with E-state index in [-0.39, 0.29) is 0 Å². The molecule has 0 radical (unpaired) electrons. The highest BCUT2D eigenvalue weighted by atomic mass is 32.4. The second-order valence-corrected chi connectivity index (χ2v) is 10.4. The Bertz CT molecular complexity index is 1010. The summed E-state index contributed by atoms with van der Waals surface area (Å²) in [7, 11) is 0. The van der Waals surface area contributed by atoms with Gasteiger partial charge in [-0.1, -0.05) is 90.7 Å². The van der Waals surface area contributed by atoms with Crippen molar-refractivity contribution in [3.63, 3.8) is 0 Å². The topological polar surface area (TPSA) is 15.6 Å². The van der Waals surface area contributed by atoms with Crippen molar-refractivity contribution in [2.45, 2.75) is 6.92 Å². The predicted octanol–water partition coefficient (Wildman–Crippen LogP) is 5.53. The van der Waals surface area contributed by atoms with Crippen molar-refractivity contribution >= 4 is 34.3 Å². The van der Waals surface area contributed by atoms with Gasteiger partial charge in [0, 0.05) is 11.3 Å². The lowest BCUT2D eigenvalue weighted by molar-refractivity contribution is 0.998. The Morgan fingerprint density at radius 1 is 0.769 bits per heavy atom. The summed E-state index contributed by atoms with van der Waals surface area (Å²) in [6.07, 6.45) is 0. The predicted molar refractivity (Wildman–Crippen MR) is 116 cm³/mol. The van der Waals surface area contributed by atoms with E-state index in [9.17, 15) is 0 Å². The number of nitrogens with zero attached hydrogens (tertiary/aromatic N) is 2. The normalized spacial score (nSPS) is 19.7. The second-order valence-electron chi connectivity index (χ2n) is 6.20. The van der Waals surface area contributed by atoms with Crippen LogP contribution >= 0.6 is 6.04 Å². The van der Waals surface area contributed by atoms with Gasteiger partial charge >= 0.3 is 0 Å². The van der Waals surface area contributed by atoms with Gasteiger partial charge < -0.3 is 0 Å². The van der Waals surface area contributed by atoms with E-state index in [0.29, 0.717) is 0 Å². The Labute approximate surface area is 159 Å². The molecule has 0 amide bonds. The fraction of sp³-hybridized carbons (Fsp3) is 0.0455. The van der Waals surface area contributed by atoms with Gasteiger partial charge in [-0.25, -0.2) is 5.01 Å². The van der Waals surface area contributed by atoms with Crippen LogP contribution in [0.15, 0.2) is 108 Å². The highest BCUT2D eigenvalue weighted by molar-refractivity contribution is 8.28. The van der Waals surface area contributed by atoms with Gasteiger partial charge in [0.2, 0.25) is 0 Å². The number of hydrogen-bond donors (Lipinski definition) is 0. The summed E-state index contributed by atoms with van der Waals surface area (Å²) in [4.78, 5) is 0. The molecule has 0 fully saturated rings. The Balaban J connectivity index is 1.92. The van der Waals surface area contributed by atoms with Crippen LogP contribution in [-0.2, 0) is 11.8 Å². The standard InChI is InChI=1S/C22H19N2PS/c1-18-17-25(26,21-15-9-4-10-16-21)22(19-11-5-2-6-12-19)23-24(18)20-13-7-3-8-14-20/h2-17H,1H3/t25-/m1/s1. The number of anilines is 1. The lowest BCUT2D eigenvalue weighted by atomic mass is 10.2. The van der Waals surface area contributed by atoms with E-state index in [1.807, 2.05) is 47.5 Å². The first-order valence-corrected chi connectivity index (χ1v) is 11.4. The summed E-state index contributed by atoms with van der Waals surface area (Å²) in [5, 5.41) is 8.23. The van der Waals surface area contributed by atoms with E-state index in [4.69, 9.17) is 16.9 Å². The lowest BCUT2D eigenvalue weighted by Crippen LogP contribution is -2.25. The van der Waals surface area contributed by atoms with Crippen LogP contribution in [0.5, 0.6) is 0 Å². The fourth-order valence-corrected chi connectivity index (χ4v) is 6.90. The van der Waals surface area contributed by atoms with Crippen LogP contribution < -0.4 is 10.3 Å². The van der Waals surface area contributed by atoms with Crippen molar-refractivity contribution < 1.29 is 0 Å². The first kappa shape index (κ1) is 17.0. The van der Waals surface area contributed by atoms with Crippen molar-refractivity contribution in [3.05, 3.63) is 108 Å². The molecule has 1 heterocycles. The van der Waals surface area contributed by atoms with Crippen molar-refractivity contribution in [3.8, 4) is 0 Å². The summed E-state index contributed by atoms with van der Waals surface area (Å²) < 4.78 is 0. The molecular weight excluding hydrogens is 355 g/mol. The third-order valence-electron chi connectivity index (χ3n) is 4.38. The third-order valence-corrected chi connectivity index (χ3v) is 8.63. The zero-order valence-electron chi connectivity index (χ0n) is 14.5. The van der Waals surface area contributed by atoms with Crippen LogP contribution in [-0.4, -0.2) is 5.45 Å². The molecule has 0 saturated carbocycles. The molecule has 0 aromatic heterocycles.